The Kier molecular flexibility index (Phi) is 5.21. The Labute approximate surface area is 137 Å². The highest BCUT2D eigenvalue weighted by molar-refractivity contribution is 6.82. The minimum absolute atomic E-state index is 0.734. The molecule has 0 aliphatic carbocycles. The molecule has 0 spiro atoms. The number of hydrogen-bond acceptors (Lipinski definition) is 0. The third kappa shape index (κ3) is 2.56. The van der Waals surface area contributed by atoms with E-state index in [0.29, 0.717) is 0 Å². The topological polar surface area (TPSA) is 4.93 Å². The second kappa shape index (κ2) is 6.62. The Morgan fingerprint density at radius 2 is 1.45 bits per heavy atom. The van der Waals surface area contributed by atoms with E-state index in [2.05, 4.69) is 83.2 Å². The maximum Gasteiger partial charge on any atom is 0.169 e. The van der Waals surface area contributed by atoms with E-state index in [-0.39, 0.29) is 0 Å². The van der Waals surface area contributed by atoms with E-state index in [4.69, 9.17) is 0 Å². The Morgan fingerprint density at radius 1 is 0.909 bits per heavy atom. The van der Waals surface area contributed by atoms with Gasteiger partial charge in [0, 0.05) is 10.9 Å². The lowest BCUT2D eigenvalue weighted by atomic mass is 10.1. The van der Waals surface area contributed by atoms with Crippen LogP contribution in [0, 0.1) is 0 Å². The summed E-state index contributed by atoms with van der Waals surface area (Å²) >= 11 is 0. The molecule has 0 atom stereocenters. The van der Waals surface area contributed by atoms with Crippen LogP contribution in [0.25, 0.3) is 10.9 Å². The van der Waals surface area contributed by atoms with Crippen molar-refractivity contribution in [3.05, 3.63) is 36.0 Å². The van der Waals surface area contributed by atoms with Gasteiger partial charge in [0.05, 0.1) is 0 Å². The largest absolute Gasteiger partial charge is 0.373 e. The van der Waals surface area contributed by atoms with E-state index in [1.165, 1.54) is 29.3 Å². The predicted molar refractivity (Wildman–Crippen MR) is 102 cm³/mol. The number of nitrogens with zero attached hydrogens (tertiary/aromatic N) is 1. The second-order valence-electron chi connectivity index (χ2n) is 7.64. The van der Waals surface area contributed by atoms with Crippen molar-refractivity contribution in [1.82, 2.24) is 4.23 Å². The molecular weight excluding hydrogens is 282 g/mol. The molecule has 2 heteroatoms. The normalized spacial score (nSPS) is 13.0. The molecule has 122 valence electrons. The summed E-state index contributed by atoms with van der Waals surface area (Å²) in [6.45, 7) is 17.0. The zero-order chi connectivity index (χ0) is 16.5. The van der Waals surface area contributed by atoms with Crippen LogP contribution in [0.2, 0.25) is 16.6 Å². The molecule has 0 aliphatic heterocycles. The van der Waals surface area contributed by atoms with Gasteiger partial charge in [0.25, 0.3) is 0 Å². The van der Waals surface area contributed by atoms with Crippen molar-refractivity contribution < 1.29 is 0 Å². The fourth-order valence-corrected chi connectivity index (χ4v) is 11.5. The first kappa shape index (κ1) is 17.3. The summed E-state index contributed by atoms with van der Waals surface area (Å²) < 4.78 is 2.76. The summed E-state index contributed by atoms with van der Waals surface area (Å²) in [4.78, 5) is 0. The molecule has 2 rings (SSSR count). The summed E-state index contributed by atoms with van der Waals surface area (Å²) in [6.07, 6.45) is 4.92. The van der Waals surface area contributed by atoms with E-state index in [0.717, 1.165) is 16.6 Å². The molecule has 1 heterocycles. The summed E-state index contributed by atoms with van der Waals surface area (Å²) in [5.41, 5.74) is 5.21. The van der Waals surface area contributed by atoms with E-state index in [1.807, 2.05) is 0 Å². The first-order chi connectivity index (χ1) is 10.4. The van der Waals surface area contributed by atoms with Gasteiger partial charge < -0.3 is 4.23 Å². The zero-order valence-corrected chi connectivity index (χ0v) is 16.5. The number of para-hydroxylation sites is 1. The third-order valence-electron chi connectivity index (χ3n) is 5.51. The van der Waals surface area contributed by atoms with Gasteiger partial charge in [-0.05, 0) is 40.9 Å². The van der Waals surface area contributed by atoms with Gasteiger partial charge >= 0.3 is 0 Å². The van der Waals surface area contributed by atoms with Crippen LogP contribution >= 0.6 is 0 Å². The van der Waals surface area contributed by atoms with E-state index >= 15 is 0 Å². The summed E-state index contributed by atoms with van der Waals surface area (Å²) in [6, 6.07) is 9.05. The van der Waals surface area contributed by atoms with Crippen LogP contribution in [0.4, 0.5) is 0 Å². The van der Waals surface area contributed by atoms with Crippen LogP contribution in [-0.2, 0) is 6.42 Å². The van der Waals surface area contributed by atoms with Crippen molar-refractivity contribution in [2.75, 3.05) is 0 Å². The Hall–Kier alpha value is -1.02. The summed E-state index contributed by atoms with van der Waals surface area (Å²) in [7, 11) is -1.66. The van der Waals surface area contributed by atoms with Gasteiger partial charge in [0.2, 0.25) is 0 Å². The summed E-state index contributed by atoms with van der Waals surface area (Å²) in [5.74, 6) is 0. The first-order valence-electron chi connectivity index (χ1n) is 8.96. The van der Waals surface area contributed by atoms with E-state index < -0.39 is 8.24 Å². The molecule has 0 saturated carbocycles. The molecule has 0 amide bonds. The van der Waals surface area contributed by atoms with Crippen molar-refractivity contribution in [2.24, 2.45) is 0 Å². The third-order valence-corrected chi connectivity index (χ3v) is 12.3. The number of aryl methyl sites for hydroxylation is 1. The maximum atomic E-state index is 2.76. The van der Waals surface area contributed by atoms with Gasteiger partial charge in [-0.1, -0.05) is 73.1 Å². The molecule has 2 aromatic rings. The lowest BCUT2D eigenvalue weighted by molar-refractivity contribution is 0.771. The van der Waals surface area contributed by atoms with Gasteiger partial charge in [0.1, 0.15) is 0 Å². The number of rotatable bonds is 6. The molecule has 0 radical (unpaired) electrons. The van der Waals surface area contributed by atoms with E-state index in [9.17, 15) is 0 Å². The van der Waals surface area contributed by atoms with Crippen molar-refractivity contribution in [3.8, 4) is 0 Å². The van der Waals surface area contributed by atoms with Gasteiger partial charge in [0.15, 0.2) is 8.24 Å². The van der Waals surface area contributed by atoms with Crippen LogP contribution < -0.4 is 0 Å². The molecule has 0 aliphatic rings. The zero-order valence-electron chi connectivity index (χ0n) is 15.5. The van der Waals surface area contributed by atoms with Crippen LogP contribution in [0.5, 0.6) is 0 Å². The number of aromatic nitrogens is 1. The predicted octanol–water partition coefficient (Wildman–Crippen LogP) is 6.62. The van der Waals surface area contributed by atoms with Gasteiger partial charge in [-0.3, -0.25) is 0 Å². The highest BCUT2D eigenvalue weighted by Crippen LogP contribution is 2.44. The number of hydrogen-bond donors (Lipinski definition) is 0. The maximum absolute atomic E-state index is 2.76. The van der Waals surface area contributed by atoms with Crippen LogP contribution in [0.1, 0.15) is 60.5 Å². The number of fused-ring (bicyclic) bond motifs is 1. The highest BCUT2D eigenvalue weighted by Gasteiger charge is 2.45. The monoisotopic (exact) mass is 315 g/mol. The van der Waals surface area contributed by atoms with Crippen molar-refractivity contribution in [3.63, 3.8) is 0 Å². The second-order valence-corrected chi connectivity index (χ2v) is 13.4. The molecule has 22 heavy (non-hydrogen) atoms. The van der Waals surface area contributed by atoms with Gasteiger partial charge in [-0.25, -0.2) is 0 Å². The average molecular weight is 316 g/mol. The van der Waals surface area contributed by atoms with E-state index in [1.54, 1.807) is 0 Å². The number of benzene rings is 1. The Bertz CT molecular complexity index is 600. The fourth-order valence-electron chi connectivity index (χ4n) is 4.87. The van der Waals surface area contributed by atoms with Gasteiger partial charge in [-0.15, -0.1) is 0 Å². The molecule has 1 aromatic carbocycles. The first-order valence-corrected chi connectivity index (χ1v) is 11.1. The Morgan fingerprint density at radius 3 is 1.95 bits per heavy atom. The van der Waals surface area contributed by atoms with Crippen LogP contribution in [0.3, 0.4) is 0 Å². The van der Waals surface area contributed by atoms with Crippen molar-refractivity contribution in [1.29, 1.82) is 0 Å². The molecule has 1 aromatic heterocycles. The minimum Gasteiger partial charge on any atom is -0.373 e. The highest BCUT2D eigenvalue weighted by atomic mass is 28.3. The molecule has 0 fully saturated rings. The minimum atomic E-state index is -1.66. The quantitative estimate of drug-likeness (QED) is 0.528. The fraction of sp³-hybridized carbons (Fsp3) is 0.600. The molecular formula is C20H33NSi. The standard InChI is InChI=1S/C20H33NSi/c1-8-11-18-14-21(20-13-10-9-12-19(18)20)22(15(2)3,16(4)5)17(6)7/h9-10,12-17H,8,11H2,1-7H3. The Balaban J connectivity index is 2.80. The smallest absolute Gasteiger partial charge is 0.169 e. The summed E-state index contributed by atoms with van der Waals surface area (Å²) in [5, 5.41) is 1.48. The van der Waals surface area contributed by atoms with Crippen LogP contribution in [0.15, 0.2) is 30.5 Å². The van der Waals surface area contributed by atoms with Crippen molar-refractivity contribution in [2.45, 2.75) is 77.9 Å². The molecule has 0 N–H and O–H groups in total. The van der Waals surface area contributed by atoms with Crippen molar-refractivity contribution >= 4 is 19.1 Å². The molecule has 0 saturated heterocycles. The SMILES string of the molecule is CCCc1cn([Si](C(C)C)(C(C)C)C(C)C)c2ccccc12. The molecule has 1 nitrogen and oxygen atoms in total. The molecule has 0 bridgehead atoms. The average Bonchev–Trinajstić information content (AvgIpc) is 2.79. The van der Waals surface area contributed by atoms with Crippen LogP contribution in [-0.4, -0.2) is 12.5 Å². The molecule has 0 unspecified atom stereocenters. The lowest BCUT2D eigenvalue weighted by Crippen LogP contribution is -2.51. The van der Waals surface area contributed by atoms with Gasteiger partial charge in [-0.2, -0.15) is 0 Å². The lowest BCUT2D eigenvalue weighted by Gasteiger charge is -2.44.